The van der Waals surface area contributed by atoms with Crippen LogP contribution in [0.1, 0.15) is 36.9 Å². The van der Waals surface area contributed by atoms with E-state index in [9.17, 15) is 5.26 Å². The van der Waals surface area contributed by atoms with Gasteiger partial charge in [0, 0.05) is 0 Å². The van der Waals surface area contributed by atoms with Gasteiger partial charge in [-0.2, -0.15) is 5.26 Å². The average Bonchev–Trinajstić information content (AvgIpc) is 3.20. The molecule has 2 rings (SSSR count). The van der Waals surface area contributed by atoms with Gasteiger partial charge >= 0.3 is 0 Å². The molecule has 0 spiro atoms. The highest BCUT2D eigenvalue weighted by Gasteiger charge is 2.50. The zero-order valence-electron chi connectivity index (χ0n) is 11.3. The maximum absolute atomic E-state index is 9.33. The van der Waals surface area contributed by atoms with Crippen LogP contribution >= 0.6 is 0 Å². The van der Waals surface area contributed by atoms with Crippen molar-refractivity contribution < 1.29 is 4.74 Å². The molecule has 3 nitrogen and oxygen atoms in total. The minimum atomic E-state index is -0.200. The lowest BCUT2D eigenvalue weighted by molar-refractivity contribution is 0.407. The zero-order chi connectivity index (χ0) is 13.2. The van der Waals surface area contributed by atoms with Gasteiger partial charge < -0.3 is 10.1 Å². The molecular formula is C15H20N2O. The maximum Gasteiger partial charge on any atom is 0.122 e. The minimum Gasteiger partial charge on any atom is -0.496 e. The second kappa shape index (κ2) is 4.99. The van der Waals surface area contributed by atoms with Crippen LogP contribution in [0.25, 0.3) is 0 Å². The summed E-state index contributed by atoms with van der Waals surface area (Å²) in [5.74, 6) is 0.929. The average molecular weight is 244 g/mol. The number of hydrogen-bond acceptors (Lipinski definition) is 3. The highest BCUT2D eigenvalue weighted by atomic mass is 16.5. The van der Waals surface area contributed by atoms with E-state index in [1.807, 2.05) is 13.1 Å². The largest absolute Gasteiger partial charge is 0.496 e. The molecule has 3 heteroatoms. The summed E-state index contributed by atoms with van der Waals surface area (Å²) in [4.78, 5) is 0. The summed E-state index contributed by atoms with van der Waals surface area (Å²) >= 11 is 0. The fraction of sp³-hybridized carbons (Fsp3) is 0.533. The highest BCUT2D eigenvalue weighted by Crippen LogP contribution is 2.54. The van der Waals surface area contributed by atoms with Crippen molar-refractivity contribution in [1.29, 1.82) is 5.26 Å². The number of nitrogens with zero attached hydrogens (tertiary/aromatic N) is 1. The van der Waals surface area contributed by atoms with E-state index in [0.717, 1.165) is 25.0 Å². The Labute approximate surface area is 109 Å². The Balaban J connectivity index is 2.35. The van der Waals surface area contributed by atoms with Crippen LogP contribution in [0.15, 0.2) is 18.2 Å². The first-order valence-corrected chi connectivity index (χ1v) is 6.46. The van der Waals surface area contributed by atoms with E-state index in [1.165, 1.54) is 11.1 Å². The number of ether oxygens (including phenoxy) is 1. The first kappa shape index (κ1) is 12.9. The van der Waals surface area contributed by atoms with Gasteiger partial charge in [0.15, 0.2) is 0 Å². The molecule has 1 saturated carbocycles. The van der Waals surface area contributed by atoms with Crippen LogP contribution in [0.3, 0.4) is 0 Å². The van der Waals surface area contributed by atoms with Crippen molar-refractivity contribution in [1.82, 2.24) is 5.32 Å². The zero-order valence-corrected chi connectivity index (χ0v) is 11.3. The van der Waals surface area contributed by atoms with Gasteiger partial charge in [-0.3, -0.25) is 0 Å². The molecule has 0 aromatic heterocycles. The van der Waals surface area contributed by atoms with Gasteiger partial charge in [-0.1, -0.05) is 19.1 Å². The smallest absolute Gasteiger partial charge is 0.122 e. The summed E-state index contributed by atoms with van der Waals surface area (Å²) in [6.45, 7) is 2.12. The van der Waals surface area contributed by atoms with Gasteiger partial charge in [0.25, 0.3) is 0 Å². The SMILES string of the molecule is CCc1cc(C(NC)C2(C#N)CC2)ccc1OC. The van der Waals surface area contributed by atoms with E-state index in [2.05, 4.69) is 30.4 Å². The lowest BCUT2D eigenvalue weighted by Crippen LogP contribution is -2.25. The van der Waals surface area contributed by atoms with E-state index in [1.54, 1.807) is 7.11 Å². The van der Waals surface area contributed by atoms with Crippen LogP contribution in [-0.4, -0.2) is 14.2 Å². The number of rotatable bonds is 5. The summed E-state index contributed by atoms with van der Waals surface area (Å²) in [6, 6.07) is 8.83. The second-order valence-electron chi connectivity index (χ2n) is 4.91. The van der Waals surface area contributed by atoms with Gasteiger partial charge in [0.2, 0.25) is 0 Å². The number of nitrogens with one attached hydrogen (secondary N) is 1. The summed E-state index contributed by atoms with van der Waals surface area (Å²) in [5, 5.41) is 12.6. The molecule has 1 aromatic rings. The molecule has 0 radical (unpaired) electrons. The third kappa shape index (κ3) is 2.09. The Morgan fingerprint density at radius 3 is 2.67 bits per heavy atom. The maximum atomic E-state index is 9.33. The quantitative estimate of drug-likeness (QED) is 0.866. The van der Waals surface area contributed by atoms with Crippen molar-refractivity contribution in [2.45, 2.75) is 32.2 Å². The summed E-state index contributed by atoms with van der Waals surface area (Å²) in [5.41, 5.74) is 2.19. The Morgan fingerprint density at radius 1 is 1.50 bits per heavy atom. The summed E-state index contributed by atoms with van der Waals surface area (Å²) < 4.78 is 5.35. The number of nitriles is 1. The van der Waals surface area contributed by atoms with E-state index in [-0.39, 0.29) is 11.5 Å². The lowest BCUT2D eigenvalue weighted by Gasteiger charge is -2.22. The second-order valence-corrected chi connectivity index (χ2v) is 4.91. The first-order chi connectivity index (χ1) is 8.70. The van der Waals surface area contributed by atoms with Gasteiger partial charge in [-0.25, -0.2) is 0 Å². The molecule has 18 heavy (non-hydrogen) atoms. The first-order valence-electron chi connectivity index (χ1n) is 6.46. The van der Waals surface area contributed by atoms with E-state index in [4.69, 9.17) is 4.74 Å². The molecule has 1 aliphatic carbocycles. The predicted molar refractivity (Wildman–Crippen MR) is 71.5 cm³/mol. The summed E-state index contributed by atoms with van der Waals surface area (Å²) in [7, 11) is 3.62. The van der Waals surface area contributed by atoms with Crippen molar-refractivity contribution in [3.63, 3.8) is 0 Å². The van der Waals surface area contributed by atoms with E-state index >= 15 is 0 Å². The molecule has 1 aliphatic rings. The van der Waals surface area contributed by atoms with E-state index in [0.29, 0.717) is 0 Å². The van der Waals surface area contributed by atoms with Crippen LogP contribution in [0, 0.1) is 16.7 Å². The molecule has 1 fully saturated rings. The topological polar surface area (TPSA) is 45.0 Å². The van der Waals surface area contributed by atoms with Gasteiger partial charge in [0.1, 0.15) is 5.75 Å². The van der Waals surface area contributed by atoms with Crippen LogP contribution in [0.4, 0.5) is 0 Å². The third-order valence-corrected chi connectivity index (χ3v) is 3.87. The monoisotopic (exact) mass is 244 g/mol. The van der Waals surface area contributed by atoms with Crippen molar-refractivity contribution in [2.75, 3.05) is 14.2 Å². The van der Waals surface area contributed by atoms with Crippen molar-refractivity contribution in [3.05, 3.63) is 29.3 Å². The normalized spacial score (nSPS) is 17.9. The van der Waals surface area contributed by atoms with Gasteiger partial charge in [0.05, 0.1) is 24.6 Å². The molecule has 0 aliphatic heterocycles. The predicted octanol–water partition coefficient (Wildman–Crippen LogP) is 2.82. The van der Waals surface area contributed by atoms with Crippen molar-refractivity contribution >= 4 is 0 Å². The third-order valence-electron chi connectivity index (χ3n) is 3.87. The minimum absolute atomic E-state index is 0.124. The van der Waals surface area contributed by atoms with Crippen LogP contribution < -0.4 is 10.1 Å². The number of methoxy groups -OCH3 is 1. The fourth-order valence-corrected chi connectivity index (χ4v) is 2.62. The lowest BCUT2D eigenvalue weighted by atomic mass is 9.90. The highest BCUT2D eigenvalue weighted by molar-refractivity contribution is 5.40. The molecule has 1 aromatic carbocycles. The molecule has 0 amide bonds. The molecule has 0 saturated heterocycles. The van der Waals surface area contributed by atoms with E-state index < -0.39 is 0 Å². The molecule has 96 valence electrons. The number of hydrogen-bond donors (Lipinski definition) is 1. The van der Waals surface area contributed by atoms with Crippen LogP contribution in [0.2, 0.25) is 0 Å². The van der Waals surface area contributed by atoms with Crippen LogP contribution in [-0.2, 0) is 6.42 Å². The molecule has 1 N–H and O–H groups in total. The Bertz CT molecular complexity index is 472. The molecule has 1 atom stereocenters. The Hall–Kier alpha value is -1.53. The van der Waals surface area contributed by atoms with Gasteiger partial charge in [-0.05, 0) is 43.5 Å². The Morgan fingerprint density at radius 2 is 2.22 bits per heavy atom. The molecule has 1 unspecified atom stereocenters. The van der Waals surface area contributed by atoms with Crippen LogP contribution in [0.5, 0.6) is 5.75 Å². The molecule has 0 heterocycles. The van der Waals surface area contributed by atoms with Crippen molar-refractivity contribution in [3.8, 4) is 11.8 Å². The summed E-state index contributed by atoms with van der Waals surface area (Å²) in [6.07, 6.45) is 2.91. The number of aryl methyl sites for hydroxylation is 1. The standard InChI is InChI=1S/C15H20N2O/c1-4-11-9-12(5-6-13(11)18-3)14(17-2)15(10-16)7-8-15/h5-6,9,14,17H,4,7-8H2,1-3H3. The molecular weight excluding hydrogens is 224 g/mol. The fourth-order valence-electron chi connectivity index (χ4n) is 2.62. The van der Waals surface area contributed by atoms with Gasteiger partial charge in [-0.15, -0.1) is 0 Å². The Kier molecular flexibility index (Phi) is 3.58. The number of benzene rings is 1. The molecule has 0 bridgehead atoms. The van der Waals surface area contributed by atoms with Crippen molar-refractivity contribution in [2.24, 2.45) is 5.41 Å².